The van der Waals surface area contributed by atoms with E-state index in [4.69, 9.17) is 16.7 Å². The summed E-state index contributed by atoms with van der Waals surface area (Å²) in [7, 11) is 0. The molecule has 0 fully saturated rings. The molecule has 0 atom stereocenters. The average molecular weight is 373 g/mol. The van der Waals surface area contributed by atoms with Gasteiger partial charge in [0.05, 0.1) is 16.8 Å². The first-order chi connectivity index (χ1) is 9.88. The maximum atomic E-state index is 13.7. The summed E-state index contributed by atoms with van der Waals surface area (Å²) < 4.78 is 14.1. The van der Waals surface area contributed by atoms with Crippen LogP contribution >= 0.6 is 27.5 Å². The van der Waals surface area contributed by atoms with Crippen LogP contribution in [0, 0.1) is 5.82 Å². The number of carboxylic acids is 1. The molecule has 0 saturated heterocycles. The summed E-state index contributed by atoms with van der Waals surface area (Å²) in [5, 5.41) is 11.6. The van der Waals surface area contributed by atoms with Crippen molar-refractivity contribution >= 4 is 45.1 Å². The summed E-state index contributed by atoms with van der Waals surface area (Å²) >= 11 is 8.81. The van der Waals surface area contributed by atoms with E-state index < -0.39 is 17.7 Å². The van der Waals surface area contributed by atoms with Crippen molar-refractivity contribution in [2.24, 2.45) is 0 Å². The lowest BCUT2D eigenvalue weighted by Crippen LogP contribution is -2.14. The topological polar surface area (TPSA) is 66.4 Å². The van der Waals surface area contributed by atoms with E-state index in [9.17, 15) is 14.0 Å². The molecule has 0 spiro atoms. The van der Waals surface area contributed by atoms with Gasteiger partial charge in [-0.05, 0) is 52.3 Å². The largest absolute Gasteiger partial charge is 0.478 e. The number of nitrogens with one attached hydrogen (secondary N) is 1. The summed E-state index contributed by atoms with van der Waals surface area (Å²) in [5.74, 6) is -2.59. The van der Waals surface area contributed by atoms with Crippen molar-refractivity contribution in [3.05, 3.63) is 62.8 Å². The van der Waals surface area contributed by atoms with E-state index in [1.165, 1.54) is 30.3 Å². The summed E-state index contributed by atoms with van der Waals surface area (Å²) in [4.78, 5) is 22.9. The molecule has 1 amide bonds. The van der Waals surface area contributed by atoms with Crippen molar-refractivity contribution < 1.29 is 19.1 Å². The van der Waals surface area contributed by atoms with Crippen LogP contribution in [0.4, 0.5) is 10.1 Å². The minimum absolute atomic E-state index is 0.00470. The first kappa shape index (κ1) is 15.5. The van der Waals surface area contributed by atoms with Crippen molar-refractivity contribution in [2.75, 3.05) is 5.32 Å². The fourth-order valence-corrected chi connectivity index (χ4v) is 2.12. The lowest BCUT2D eigenvalue weighted by Gasteiger charge is -2.09. The fourth-order valence-electron chi connectivity index (χ4n) is 1.62. The van der Waals surface area contributed by atoms with Crippen LogP contribution in [0.3, 0.4) is 0 Å². The Kier molecular flexibility index (Phi) is 4.59. The second kappa shape index (κ2) is 6.24. The van der Waals surface area contributed by atoms with Crippen molar-refractivity contribution in [3.8, 4) is 0 Å². The Hall–Kier alpha value is -1.92. The van der Waals surface area contributed by atoms with Gasteiger partial charge in [0.25, 0.3) is 5.91 Å². The minimum atomic E-state index is -1.13. The van der Waals surface area contributed by atoms with Gasteiger partial charge >= 0.3 is 5.97 Å². The molecule has 0 saturated carbocycles. The molecule has 0 bridgehead atoms. The van der Waals surface area contributed by atoms with E-state index in [1.54, 1.807) is 0 Å². The van der Waals surface area contributed by atoms with E-state index in [1.807, 2.05) is 0 Å². The van der Waals surface area contributed by atoms with Crippen LogP contribution in [0.5, 0.6) is 0 Å². The molecule has 0 unspecified atom stereocenters. The molecule has 21 heavy (non-hydrogen) atoms. The molecule has 2 N–H and O–H groups in total. The number of hydrogen-bond donors (Lipinski definition) is 2. The number of amides is 1. The number of carbonyl (C=O) groups is 2. The normalized spacial score (nSPS) is 10.2. The Morgan fingerprint density at radius 2 is 1.90 bits per heavy atom. The third-order valence-electron chi connectivity index (χ3n) is 2.64. The number of anilines is 1. The second-order valence-corrected chi connectivity index (χ2v) is 5.37. The Bertz CT molecular complexity index is 736. The maximum absolute atomic E-state index is 13.7. The third kappa shape index (κ3) is 3.59. The molecule has 0 aliphatic heterocycles. The van der Waals surface area contributed by atoms with E-state index in [0.717, 1.165) is 6.07 Å². The molecule has 2 aromatic rings. The molecule has 4 nitrogen and oxygen atoms in total. The second-order valence-electron chi connectivity index (χ2n) is 4.08. The lowest BCUT2D eigenvalue weighted by atomic mass is 10.1. The van der Waals surface area contributed by atoms with Crippen LogP contribution in [-0.4, -0.2) is 17.0 Å². The highest BCUT2D eigenvalue weighted by Crippen LogP contribution is 2.25. The first-order valence-electron chi connectivity index (χ1n) is 5.67. The highest BCUT2D eigenvalue weighted by molar-refractivity contribution is 9.10. The smallest absolute Gasteiger partial charge is 0.335 e. The van der Waals surface area contributed by atoms with Gasteiger partial charge < -0.3 is 10.4 Å². The van der Waals surface area contributed by atoms with Crippen molar-refractivity contribution in [3.63, 3.8) is 0 Å². The SMILES string of the molecule is O=C(O)c1ccc(Br)c(NC(=O)c2ccc(Cl)cc2F)c1. The van der Waals surface area contributed by atoms with E-state index in [2.05, 4.69) is 21.2 Å². The van der Waals surface area contributed by atoms with E-state index in [0.29, 0.717) is 4.47 Å². The number of carboxylic acid groups (broad SMARTS) is 1. The fraction of sp³-hybridized carbons (Fsp3) is 0. The first-order valence-corrected chi connectivity index (χ1v) is 6.85. The molecule has 2 aromatic carbocycles. The van der Waals surface area contributed by atoms with Gasteiger partial charge in [-0.15, -0.1) is 0 Å². The van der Waals surface area contributed by atoms with Crippen molar-refractivity contribution in [1.82, 2.24) is 0 Å². The molecule has 0 aromatic heterocycles. The van der Waals surface area contributed by atoms with Gasteiger partial charge in [0.1, 0.15) is 5.82 Å². The predicted octanol–water partition coefficient (Wildman–Crippen LogP) is 4.19. The van der Waals surface area contributed by atoms with Crippen molar-refractivity contribution in [2.45, 2.75) is 0 Å². The summed E-state index contributed by atoms with van der Waals surface area (Å²) in [6, 6.07) is 7.81. The Morgan fingerprint density at radius 1 is 1.19 bits per heavy atom. The van der Waals surface area contributed by atoms with Gasteiger partial charge in [-0.3, -0.25) is 4.79 Å². The summed E-state index contributed by atoms with van der Waals surface area (Å²) in [6.45, 7) is 0. The van der Waals surface area contributed by atoms with Crippen LogP contribution in [0.2, 0.25) is 5.02 Å². The molecular weight excluding hydrogens is 365 g/mol. The van der Waals surface area contributed by atoms with Gasteiger partial charge in [-0.2, -0.15) is 0 Å². The van der Waals surface area contributed by atoms with Crippen LogP contribution in [0.1, 0.15) is 20.7 Å². The Morgan fingerprint density at radius 3 is 2.52 bits per heavy atom. The van der Waals surface area contributed by atoms with Crippen LogP contribution < -0.4 is 5.32 Å². The minimum Gasteiger partial charge on any atom is -0.478 e. The number of rotatable bonds is 3. The number of carbonyl (C=O) groups excluding carboxylic acids is 1. The molecule has 0 aliphatic rings. The highest BCUT2D eigenvalue weighted by Gasteiger charge is 2.15. The summed E-state index contributed by atoms with van der Waals surface area (Å²) in [5.41, 5.74) is 0.0476. The molecular formula is C14H8BrClFNO3. The van der Waals surface area contributed by atoms with Gasteiger partial charge in [-0.1, -0.05) is 11.6 Å². The van der Waals surface area contributed by atoms with Gasteiger partial charge in [0.2, 0.25) is 0 Å². The molecule has 2 rings (SSSR count). The van der Waals surface area contributed by atoms with E-state index >= 15 is 0 Å². The van der Waals surface area contributed by atoms with Crippen LogP contribution in [0.15, 0.2) is 40.9 Å². The molecule has 7 heteroatoms. The number of halogens is 3. The average Bonchev–Trinajstić information content (AvgIpc) is 2.40. The number of benzene rings is 2. The molecule has 0 heterocycles. The van der Waals surface area contributed by atoms with Gasteiger partial charge in [0.15, 0.2) is 0 Å². The maximum Gasteiger partial charge on any atom is 0.335 e. The number of aromatic carboxylic acids is 1. The Balaban J connectivity index is 2.31. The third-order valence-corrected chi connectivity index (χ3v) is 3.56. The zero-order valence-corrected chi connectivity index (χ0v) is 12.7. The Labute approximate surface area is 132 Å². The van der Waals surface area contributed by atoms with Gasteiger partial charge in [0, 0.05) is 9.50 Å². The quantitative estimate of drug-likeness (QED) is 0.849. The zero-order chi connectivity index (χ0) is 15.6. The highest BCUT2D eigenvalue weighted by atomic mass is 79.9. The van der Waals surface area contributed by atoms with E-state index in [-0.39, 0.29) is 21.8 Å². The van der Waals surface area contributed by atoms with Crippen molar-refractivity contribution in [1.29, 1.82) is 0 Å². The van der Waals surface area contributed by atoms with Crippen LogP contribution in [0.25, 0.3) is 0 Å². The van der Waals surface area contributed by atoms with Crippen LogP contribution in [-0.2, 0) is 0 Å². The molecule has 108 valence electrons. The predicted molar refractivity (Wildman–Crippen MR) is 80.5 cm³/mol. The monoisotopic (exact) mass is 371 g/mol. The molecule has 0 radical (unpaired) electrons. The molecule has 0 aliphatic carbocycles. The zero-order valence-electron chi connectivity index (χ0n) is 10.4. The van der Waals surface area contributed by atoms with Gasteiger partial charge in [-0.25, -0.2) is 9.18 Å². The number of hydrogen-bond acceptors (Lipinski definition) is 2. The lowest BCUT2D eigenvalue weighted by molar-refractivity contribution is 0.0696. The summed E-state index contributed by atoms with van der Waals surface area (Å²) in [6.07, 6.45) is 0. The standard InChI is InChI=1S/C14H8BrClFNO3/c15-10-4-1-7(14(20)21)5-12(10)18-13(19)9-3-2-8(16)6-11(9)17/h1-6H,(H,18,19)(H,20,21).